The van der Waals surface area contributed by atoms with Gasteiger partial charge in [-0.2, -0.15) is 0 Å². The molecule has 0 saturated carbocycles. The molecule has 1 heterocycles. The Hall–Kier alpha value is -2.19. The van der Waals surface area contributed by atoms with Crippen molar-refractivity contribution in [2.24, 2.45) is 4.99 Å². The van der Waals surface area contributed by atoms with Crippen molar-refractivity contribution in [3.63, 3.8) is 0 Å². The van der Waals surface area contributed by atoms with Crippen molar-refractivity contribution in [2.45, 2.75) is 18.7 Å². The van der Waals surface area contributed by atoms with Crippen LogP contribution >= 0.6 is 11.6 Å². The maximum Gasteiger partial charge on any atom is 0.265 e. The van der Waals surface area contributed by atoms with E-state index in [2.05, 4.69) is 25.0 Å². The lowest BCUT2D eigenvalue weighted by molar-refractivity contribution is 0.592. The number of nitrogens with zero attached hydrogens (tertiary/aromatic N) is 3. The molecule has 1 aromatic heterocycles. The average molecular weight is 354 g/mol. The normalized spacial score (nSPS) is 12.1. The van der Waals surface area contributed by atoms with Crippen LogP contribution in [0.2, 0.25) is 5.02 Å². The van der Waals surface area contributed by atoms with Crippen molar-refractivity contribution < 1.29 is 8.42 Å². The zero-order valence-electron chi connectivity index (χ0n) is 12.8. The van der Waals surface area contributed by atoms with Gasteiger partial charge < -0.3 is 0 Å². The second-order valence-corrected chi connectivity index (χ2v) is 6.77. The summed E-state index contributed by atoms with van der Waals surface area (Å²) >= 11 is 5.93. The van der Waals surface area contributed by atoms with Crippen LogP contribution in [0.15, 0.2) is 40.2 Å². The van der Waals surface area contributed by atoms with Crippen molar-refractivity contribution in [3.8, 4) is 0 Å². The van der Waals surface area contributed by atoms with Gasteiger partial charge in [0.25, 0.3) is 10.0 Å². The maximum atomic E-state index is 12.4. The van der Waals surface area contributed by atoms with Gasteiger partial charge in [-0.25, -0.2) is 23.1 Å². The minimum atomic E-state index is -3.87. The van der Waals surface area contributed by atoms with E-state index in [4.69, 9.17) is 11.6 Å². The average Bonchev–Trinajstić information content (AvgIpc) is 2.45. The van der Waals surface area contributed by atoms with Gasteiger partial charge in [-0.3, -0.25) is 10.3 Å². The lowest BCUT2D eigenvalue weighted by Gasteiger charge is -2.12. The van der Waals surface area contributed by atoms with Gasteiger partial charge in [-0.15, -0.1) is 0 Å². The second kappa shape index (κ2) is 6.93. The van der Waals surface area contributed by atoms with E-state index in [-0.39, 0.29) is 21.8 Å². The highest BCUT2D eigenvalue weighted by Gasteiger charge is 2.19. The molecular weight excluding hydrogens is 338 g/mol. The van der Waals surface area contributed by atoms with Gasteiger partial charge >= 0.3 is 0 Å². The third kappa shape index (κ3) is 4.40. The maximum absolute atomic E-state index is 12.4. The van der Waals surface area contributed by atoms with Crippen LogP contribution in [0.25, 0.3) is 0 Å². The molecule has 0 aliphatic carbocycles. The van der Waals surface area contributed by atoms with Crippen LogP contribution < -0.4 is 10.0 Å². The van der Waals surface area contributed by atoms with Gasteiger partial charge in [0.2, 0.25) is 11.9 Å². The summed E-state index contributed by atoms with van der Waals surface area (Å²) in [4.78, 5) is 12.2. The Balaban J connectivity index is 2.24. The fourth-order valence-corrected chi connectivity index (χ4v) is 3.39. The Morgan fingerprint density at radius 1 is 1.17 bits per heavy atom. The monoisotopic (exact) mass is 353 g/mol. The van der Waals surface area contributed by atoms with Gasteiger partial charge in [0.1, 0.15) is 4.90 Å². The lowest BCUT2D eigenvalue weighted by atomic mass is 10.4. The van der Waals surface area contributed by atoms with Crippen molar-refractivity contribution in [1.82, 2.24) is 14.7 Å². The summed E-state index contributed by atoms with van der Waals surface area (Å²) in [6.45, 7) is 3.63. The standard InChI is InChI=1S/C14H16ClN5O2S/c1-9-8-10(2)18-14(17-9)19-13(16-3)20-23(21,22)12-7-5-4-6-11(12)15/h4-8H,1-3H3,(H2,16,17,18,19,20). The van der Waals surface area contributed by atoms with E-state index >= 15 is 0 Å². The number of aliphatic imine (C=N–C) groups is 1. The molecule has 2 N–H and O–H groups in total. The Labute approximate surface area is 139 Å². The molecule has 0 fully saturated rings. The minimum absolute atomic E-state index is 0.00470. The fraction of sp³-hybridized carbons (Fsp3) is 0.214. The van der Waals surface area contributed by atoms with Gasteiger partial charge in [0.15, 0.2) is 0 Å². The molecule has 0 unspecified atom stereocenters. The Morgan fingerprint density at radius 2 is 1.78 bits per heavy atom. The third-order valence-electron chi connectivity index (χ3n) is 2.79. The number of guanidine groups is 1. The molecule has 0 aliphatic rings. The second-order valence-electron chi connectivity index (χ2n) is 4.71. The number of anilines is 1. The molecular formula is C14H16ClN5O2S. The van der Waals surface area contributed by atoms with Crippen LogP contribution in [-0.2, 0) is 10.0 Å². The highest BCUT2D eigenvalue weighted by Crippen LogP contribution is 2.20. The number of sulfonamides is 1. The molecule has 0 bridgehead atoms. The van der Waals surface area contributed by atoms with Crippen LogP contribution in [0, 0.1) is 13.8 Å². The molecule has 7 nitrogen and oxygen atoms in total. The number of nitrogens with one attached hydrogen (secondary N) is 2. The van der Waals surface area contributed by atoms with Crippen molar-refractivity contribution in [3.05, 3.63) is 46.7 Å². The zero-order chi connectivity index (χ0) is 17.0. The van der Waals surface area contributed by atoms with E-state index in [1.165, 1.54) is 19.2 Å². The summed E-state index contributed by atoms with van der Waals surface area (Å²) in [6.07, 6.45) is 0. The van der Waals surface area contributed by atoms with Crippen molar-refractivity contribution >= 4 is 33.5 Å². The van der Waals surface area contributed by atoms with E-state index in [0.717, 1.165) is 11.4 Å². The van der Waals surface area contributed by atoms with Crippen LogP contribution in [0.3, 0.4) is 0 Å². The van der Waals surface area contributed by atoms with Gasteiger partial charge in [-0.1, -0.05) is 23.7 Å². The number of aryl methyl sites for hydroxylation is 2. The predicted octanol–water partition coefficient (Wildman–Crippen LogP) is 2.12. The fourth-order valence-electron chi connectivity index (χ4n) is 1.86. The molecule has 122 valence electrons. The minimum Gasteiger partial charge on any atom is -0.294 e. The molecule has 2 rings (SSSR count). The van der Waals surface area contributed by atoms with Gasteiger partial charge in [-0.05, 0) is 32.0 Å². The van der Waals surface area contributed by atoms with Crippen LogP contribution in [0.1, 0.15) is 11.4 Å². The number of rotatable bonds is 3. The van der Waals surface area contributed by atoms with Crippen molar-refractivity contribution in [2.75, 3.05) is 12.4 Å². The summed E-state index contributed by atoms with van der Waals surface area (Å²) in [5.41, 5.74) is 1.51. The molecule has 9 heteroatoms. The van der Waals surface area contributed by atoms with E-state index in [9.17, 15) is 8.42 Å². The first-order chi connectivity index (χ1) is 10.8. The van der Waals surface area contributed by atoms with Crippen molar-refractivity contribution in [1.29, 1.82) is 0 Å². The number of hydrogen-bond donors (Lipinski definition) is 2. The van der Waals surface area contributed by atoms with E-state index in [1.807, 2.05) is 19.9 Å². The molecule has 0 amide bonds. The highest BCUT2D eigenvalue weighted by molar-refractivity contribution is 7.90. The number of aromatic nitrogens is 2. The first kappa shape index (κ1) is 17.2. The zero-order valence-corrected chi connectivity index (χ0v) is 14.4. The van der Waals surface area contributed by atoms with Gasteiger partial charge in [0, 0.05) is 18.4 Å². The van der Waals surface area contributed by atoms with Crippen LogP contribution in [0.4, 0.5) is 5.95 Å². The Bertz CT molecular complexity index is 832. The quantitative estimate of drug-likeness (QED) is 0.650. The number of halogens is 1. The molecule has 0 atom stereocenters. The highest BCUT2D eigenvalue weighted by atomic mass is 35.5. The first-order valence-corrected chi connectivity index (χ1v) is 8.51. The molecule has 2 aromatic rings. The van der Waals surface area contributed by atoms with Crippen LogP contribution in [0.5, 0.6) is 0 Å². The summed E-state index contributed by atoms with van der Waals surface area (Å²) in [7, 11) is -2.43. The third-order valence-corrected chi connectivity index (χ3v) is 4.63. The summed E-state index contributed by atoms with van der Waals surface area (Å²) in [5, 5.41) is 2.87. The first-order valence-electron chi connectivity index (χ1n) is 6.65. The van der Waals surface area contributed by atoms with E-state index in [0.29, 0.717) is 0 Å². The lowest BCUT2D eigenvalue weighted by Crippen LogP contribution is -2.36. The smallest absolute Gasteiger partial charge is 0.265 e. The number of benzene rings is 1. The summed E-state index contributed by atoms with van der Waals surface area (Å²) in [6, 6.07) is 7.95. The largest absolute Gasteiger partial charge is 0.294 e. The Morgan fingerprint density at radius 3 is 2.35 bits per heavy atom. The number of hydrogen-bond acceptors (Lipinski definition) is 5. The van der Waals surface area contributed by atoms with Gasteiger partial charge in [0.05, 0.1) is 5.02 Å². The van der Waals surface area contributed by atoms with E-state index in [1.54, 1.807) is 12.1 Å². The molecule has 0 spiro atoms. The van der Waals surface area contributed by atoms with Crippen LogP contribution in [-0.4, -0.2) is 31.4 Å². The summed E-state index contributed by atoms with van der Waals surface area (Å²) < 4.78 is 27.1. The molecule has 0 radical (unpaired) electrons. The topological polar surface area (TPSA) is 96.3 Å². The predicted molar refractivity (Wildman–Crippen MR) is 90.3 cm³/mol. The molecule has 23 heavy (non-hydrogen) atoms. The summed E-state index contributed by atoms with van der Waals surface area (Å²) in [5.74, 6) is 0.250. The molecule has 0 saturated heterocycles. The Kier molecular flexibility index (Phi) is 5.17. The SMILES string of the molecule is CN=C(Nc1nc(C)cc(C)n1)NS(=O)(=O)c1ccccc1Cl. The molecule has 0 aliphatic heterocycles. The molecule has 1 aromatic carbocycles. The van der Waals surface area contributed by atoms with E-state index < -0.39 is 10.0 Å².